The van der Waals surface area contributed by atoms with Gasteiger partial charge in [-0.15, -0.1) is 0 Å². The van der Waals surface area contributed by atoms with Crippen LogP contribution >= 0.6 is 23.4 Å². The molecular formula is C15H18ClNOS. The highest BCUT2D eigenvalue weighted by Gasteiger charge is 2.06. The molecule has 0 saturated carbocycles. The van der Waals surface area contributed by atoms with Gasteiger partial charge in [0, 0.05) is 16.5 Å². The van der Waals surface area contributed by atoms with Gasteiger partial charge in [0.05, 0.1) is 11.2 Å². The van der Waals surface area contributed by atoms with E-state index in [1.165, 1.54) is 0 Å². The monoisotopic (exact) mass is 295 g/mol. The van der Waals surface area contributed by atoms with E-state index in [1.54, 1.807) is 18.0 Å². The van der Waals surface area contributed by atoms with E-state index in [2.05, 4.69) is 24.4 Å². The summed E-state index contributed by atoms with van der Waals surface area (Å²) < 4.78 is 5.29. The van der Waals surface area contributed by atoms with Gasteiger partial charge in [0.15, 0.2) is 0 Å². The first-order chi connectivity index (χ1) is 9.20. The lowest BCUT2D eigenvalue weighted by Gasteiger charge is -2.07. The van der Waals surface area contributed by atoms with Gasteiger partial charge in [0.25, 0.3) is 0 Å². The van der Waals surface area contributed by atoms with E-state index in [-0.39, 0.29) is 0 Å². The maximum Gasteiger partial charge on any atom is 0.114 e. The fourth-order valence-corrected chi connectivity index (χ4v) is 2.94. The Bertz CT molecular complexity index is 539. The Morgan fingerprint density at radius 3 is 2.79 bits per heavy atom. The maximum atomic E-state index is 6.31. The molecule has 0 aliphatic carbocycles. The van der Waals surface area contributed by atoms with Crippen LogP contribution in [0.5, 0.6) is 0 Å². The third-order valence-corrected chi connectivity index (χ3v) is 4.29. The summed E-state index contributed by atoms with van der Waals surface area (Å²) in [6.45, 7) is 5.96. The summed E-state index contributed by atoms with van der Waals surface area (Å²) in [6, 6.07) is 8.18. The standard InChI is InChI=1S/C15H18ClNOS/c1-3-7-17-10-12-4-5-13(9-14(12)16)19-15-6-8-18-11(15)2/h4-6,8-9,17H,3,7,10H2,1-2H3. The van der Waals surface area contributed by atoms with Crippen LogP contribution in [0.15, 0.2) is 44.7 Å². The van der Waals surface area contributed by atoms with Crippen molar-refractivity contribution in [2.75, 3.05) is 6.54 Å². The number of benzene rings is 1. The first-order valence-electron chi connectivity index (χ1n) is 6.41. The van der Waals surface area contributed by atoms with Gasteiger partial charge in [-0.25, -0.2) is 0 Å². The van der Waals surface area contributed by atoms with Crippen LogP contribution in [0.4, 0.5) is 0 Å². The summed E-state index contributed by atoms with van der Waals surface area (Å²) in [5.74, 6) is 0.940. The van der Waals surface area contributed by atoms with Crippen LogP contribution in [-0.4, -0.2) is 6.54 Å². The molecule has 19 heavy (non-hydrogen) atoms. The Kier molecular flexibility index (Phi) is 5.37. The lowest BCUT2D eigenvalue weighted by molar-refractivity contribution is 0.527. The molecule has 0 saturated heterocycles. The van der Waals surface area contributed by atoms with Crippen LogP contribution < -0.4 is 5.32 Å². The molecule has 2 aromatic rings. The van der Waals surface area contributed by atoms with Crippen molar-refractivity contribution >= 4 is 23.4 Å². The molecule has 0 aliphatic rings. The molecule has 0 unspecified atom stereocenters. The topological polar surface area (TPSA) is 25.2 Å². The van der Waals surface area contributed by atoms with Gasteiger partial charge in [-0.3, -0.25) is 0 Å². The van der Waals surface area contributed by atoms with Crippen molar-refractivity contribution in [1.29, 1.82) is 0 Å². The second-order valence-electron chi connectivity index (χ2n) is 4.37. The van der Waals surface area contributed by atoms with E-state index < -0.39 is 0 Å². The molecule has 0 fully saturated rings. The molecule has 1 N–H and O–H groups in total. The Hall–Kier alpha value is -0.900. The first-order valence-corrected chi connectivity index (χ1v) is 7.61. The SMILES string of the molecule is CCCNCc1ccc(Sc2ccoc2C)cc1Cl. The molecule has 102 valence electrons. The third kappa shape index (κ3) is 4.03. The molecule has 0 spiro atoms. The zero-order valence-electron chi connectivity index (χ0n) is 11.2. The van der Waals surface area contributed by atoms with Crippen molar-refractivity contribution in [2.45, 2.75) is 36.6 Å². The van der Waals surface area contributed by atoms with Crippen LogP contribution in [0.1, 0.15) is 24.7 Å². The van der Waals surface area contributed by atoms with Gasteiger partial charge in [-0.2, -0.15) is 0 Å². The molecule has 1 heterocycles. The average Bonchev–Trinajstić information content (AvgIpc) is 2.78. The van der Waals surface area contributed by atoms with Crippen LogP contribution in [-0.2, 0) is 6.54 Å². The third-order valence-electron chi connectivity index (χ3n) is 2.81. The lowest BCUT2D eigenvalue weighted by atomic mass is 10.2. The maximum absolute atomic E-state index is 6.31. The zero-order chi connectivity index (χ0) is 13.7. The molecule has 0 bridgehead atoms. The number of furan rings is 1. The number of rotatable bonds is 6. The van der Waals surface area contributed by atoms with E-state index in [9.17, 15) is 0 Å². The van der Waals surface area contributed by atoms with Crippen molar-refractivity contribution in [3.05, 3.63) is 46.9 Å². The number of nitrogens with one attached hydrogen (secondary N) is 1. The quantitative estimate of drug-likeness (QED) is 0.768. The first kappa shape index (κ1) is 14.5. The van der Waals surface area contributed by atoms with Crippen LogP contribution in [0.2, 0.25) is 5.02 Å². The summed E-state index contributed by atoms with van der Waals surface area (Å²) in [7, 11) is 0. The Balaban J connectivity index is 2.04. The average molecular weight is 296 g/mol. The summed E-state index contributed by atoms with van der Waals surface area (Å²) in [5, 5.41) is 4.17. The molecule has 2 rings (SSSR count). The van der Waals surface area contributed by atoms with E-state index in [1.807, 2.05) is 19.1 Å². The van der Waals surface area contributed by atoms with Crippen molar-refractivity contribution in [3.8, 4) is 0 Å². The molecule has 4 heteroatoms. The molecule has 1 aromatic carbocycles. The lowest BCUT2D eigenvalue weighted by Crippen LogP contribution is -2.13. The summed E-state index contributed by atoms with van der Waals surface area (Å²) in [6.07, 6.45) is 2.84. The van der Waals surface area contributed by atoms with Gasteiger partial charge in [-0.1, -0.05) is 36.4 Å². The predicted octanol–water partition coefficient (Wildman–Crippen LogP) is 4.89. The summed E-state index contributed by atoms with van der Waals surface area (Å²) in [4.78, 5) is 2.27. The van der Waals surface area contributed by atoms with E-state index in [0.717, 1.165) is 45.6 Å². The Morgan fingerprint density at radius 2 is 2.16 bits per heavy atom. The van der Waals surface area contributed by atoms with Gasteiger partial charge >= 0.3 is 0 Å². The van der Waals surface area contributed by atoms with Gasteiger partial charge in [0.2, 0.25) is 0 Å². The summed E-state index contributed by atoms with van der Waals surface area (Å²) in [5.41, 5.74) is 1.14. The largest absolute Gasteiger partial charge is 0.468 e. The van der Waals surface area contributed by atoms with Crippen molar-refractivity contribution in [1.82, 2.24) is 5.32 Å². The van der Waals surface area contributed by atoms with Crippen molar-refractivity contribution < 1.29 is 4.42 Å². The minimum Gasteiger partial charge on any atom is -0.468 e. The Labute approximate surface area is 123 Å². The number of aryl methyl sites for hydroxylation is 1. The van der Waals surface area contributed by atoms with Crippen molar-refractivity contribution in [3.63, 3.8) is 0 Å². The molecule has 0 atom stereocenters. The van der Waals surface area contributed by atoms with E-state index in [0.29, 0.717) is 0 Å². The smallest absolute Gasteiger partial charge is 0.114 e. The van der Waals surface area contributed by atoms with E-state index in [4.69, 9.17) is 16.0 Å². The molecule has 1 aromatic heterocycles. The minimum atomic E-state index is 0.815. The molecule has 0 aliphatic heterocycles. The van der Waals surface area contributed by atoms with Crippen LogP contribution in [0, 0.1) is 6.92 Å². The number of halogens is 1. The normalized spacial score (nSPS) is 10.9. The molecule has 0 radical (unpaired) electrons. The van der Waals surface area contributed by atoms with Crippen LogP contribution in [0.3, 0.4) is 0 Å². The second-order valence-corrected chi connectivity index (χ2v) is 5.90. The molecule has 0 amide bonds. The number of hydrogen-bond acceptors (Lipinski definition) is 3. The fourth-order valence-electron chi connectivity index (χ4n) is 1.74. The van der Waals surface area contributed by atoms with Crippen LogP contribution in [0.25, 0.3) is 0 Å². The predicted molar refractivity (Wildman–Crippen MR) is 81.0 cm³/mol. The fraction of sp³-hybridized carbons (Fsp3) is 0.333. The van der Waals surface area contributed by atoms with Gasteiger partial charge in [0.1, 0.15) is 5.76 Å². The van der Waals surface area contributed by atoms with Gasteiger partial charge < -0.3 is 9.73 Å². The second kappa shape index (κ2) is 7.04. The molecular weight excluding hydrogens is 278 g/mol. The zero-order valence-corrected chi connectivity index (χ0v) is 12.8. The van der Waals surface area contributed by atoms with Crippen molar-refractivity contribution in [2.24, 2.45) is 0 Å². The minimum absolute atomic E-state index is 0.815. The Morgan fingerprint density at radius 1 is 1.32 bits per heavy atom. The molecule has 2 nitrogen and oxygen atoms in total. The summed E-state index contributed by atoms with van der Waals surface area (Å²) >= 11 is 7.99. The van der Waals surface area contributed by atoms with E-state index >= 15 is 0 Å². The highest BCUT2D eigenvalue weighted by Crippen LogP contribution is 2.33. The highest BCUT2D eigenvalue weighted by atomic mass is 35.5. The van der Waals surface area contributed by atoms with Gasteiger partial charge in [-0.05, 0) is 43.7 Å². The highest BCUT2D eigenvalue weighted by molar-refractivity contribution is 7.99. The number of hydrogen-bond donors (Lipinski definition) is 1.